The van der Waals surface area contributed by atoms with Gasteiger partial charge >= 0.3 is 0 Å². The van der Waals surface area contributed by atoms with E-state index in [9.17, 15) is 9.59 Å². The Labute approximate surface area is 161 Å². The fourth-order valence-electron chi connectivity index (χ4n) is 2.71. The molecule has 0 fully saturated rings. The molecule has 1 N–H and O–H groups in total. The van der Waals surface area contributed by atoms with Crippen molar-refractivity contribution in [2.75, 3.05) is 19.0 Å². The molecule has 0 aliphatic rings. The van der Waals surface area contributed by atoms with Crippen molar-refractivity contribution < 1.29 is 4.79 Å². The van der Waals surface area contributed by atoms with E-state index in [1.807, 2.05) is 57.1 Å². The number of carbonyl (C=O) groups is 1. The van der Waals surface area contributed by atoms with Gasteiger partial charge in [0, 0.05) is 26.3 Å². The van der Waals surface area contributed by atoms with Crippen molar-refractivity contribution in [1.82, 2.24) is 20.1 Å². The Balaban J connectivity index is 1.70. The van der Waals surface area contributed by atoms with Crippen LogP contribution in [0.2, 0.25) is 0 Å². The van der Waals surface area contributed by atoms with Crippen LogP contribution < -0.4 is 15.8 Å². The van der Waals surface area contributed by atoms with E-state index in [0.29, 0.717) is 17.8 Å². The van der Waals surface area contributed by atoms with Gasteiger partial charge in [0.1, 0.15) is 6.54 Å². The third-order valence-electron chi connectivity index (χ3n) is 4.25. The number of nitrogens with zero attached hydrogens (tertiary/aromatic N) is 4. The molecule has 0 bridgehead atoms. The first kappa shape index (κ1) is 19.0. The van der Waals surface area contributed by atoms with Gasteiger partial charge in [0.15, 0.2) is 5.52 Å². The number of rotatable bonds is 6. The van der Waals surface area contributed by atoms with E-state index >= 15 is 0 Å². The van der Waals surface area contributed by atoms with Crippen LogP contribution >= 0.6 is 11.3 Å². The van der Waals surface area contributed by atoms with Gasteiger partial charge in [-0.05, 0) is 31.0 Å². The second-order valence-electron chi connectivity index (χ2n) is 6.52. The van der Waals surface area contributed by atoms with Crippen LogP contribution in [0.5, 0.6) is 0 Å². The van der Waals surface area contributed by atoms with Crippen molar-refractivity contribution in [1.29, 1.82) is 0 Å². The van der Waals surface area contributed by atoms with Crippen LogP contribution in [0.25, 0.3) is 10.2 Å². The van der Waals surface area contributed by atoms with Gasteiger partial charge in [-0.25, -0.2) is 9.67 Å². The van der Waals surface area contributed by atoms with E-state index in [2.05, 4.69) is 15.4 Å². The first-order valence-electron chi connectivity index (χ1n) is 8.79. The van der Waals surface area contributed by atoms with Crippen LogP contribution in [0.15, 0.2) is 29.1 Å². The van der Waals surface area contributed by atoms with Crippen molar-refractivity contribution in [2.45, 2.75) is 33.4 Å². The van der Waals surface area contributed by atoms with Crippen LogP contribution in [0.4, 0.5) is 5.69 Å². The number of carbonyl (C=O) groups excluding carboxylic acids is 1. The molecule has 2 heterocycles. The fraction of sp³-hybridized carbons (Fsp3) is 0.368. The summed E-state index contributed by atoms with van der Waals surface area (Å²) in [7, 11) is 3.96. The zero-order valence-corrected chi connectivity index (χ0v) is 16.8. The predicted molar refractivity (Wildman–Crippen MR) is 108 cm³/mol. The lowest BCUT2D eigenvalue weighted by Gasteiger charge is -2.13. The Hall–Kier alpha value is -2.74. The lowest BCUT2D eigenvalue weighted by molar-refractivity contribution is -0.122. The van der Waals surface area contributed by atoms with E-state index in [1.165, 1.54) is 16.0 Å². The standard InChI is InChI=1S/C19H23N5O2S/c1-5-16-21-17-18(27-16)12(2)22-24(19(17)26)11-15(25)20-10-13-6-8-14(9-7-13)23(3)4/h6-9H,5,10-11H2,1-4H3,(H,20,25). The minimum atomic E-state index is -0.322. The van der Waals surface area contributed by atoms with E-state index in [1.54, 1.807) is 0 Å². The maximum Gasteiger partial charge on any atom is 0.294 e. The number of aromatic nitrogens is 3. The molecular formula is C19H23N5O2S. The summed E-state index contributed by atoms with van der Waals surface area (Å²) in [6.07, 6.45) is 0.769. The van der Waals surface area contributed by atoms with Crippen molar-refractivity contribution in [3.63, 3.8) is 0 Å². The fourth-order valence-corrected chi connectivity index (χ4v) is 3.65. The number of anilines is 1. The number of fused-ring (bicyclic) bond motifs is 1. The SMILES string of the molecule is CCc1nc2c(=O)n(CC(=O)NCc3ccc(N(C)C)cc3)nc(C)c2s1. The van der Waals surface area contributed by atoms with Crippen LogP contribution in [-0.2, 0) is 24.3 Å². The average Bonchev–Trinajstić information content (AvgIpc) is 3.10. The van der Waals surface area contributed by atoms with Gasteiger partial charge in [-0.1, -0.05) is 19.1 Å². The molecule has 1 amide bonds. The van der Waals surface area contributed by atoms with Crippen molar-refractivity contribution in [2.24, 2.45) is 0 Å². The molecule has 0 saturated carbocycles. The molecule has 0 atom stereocenters. The Morgan fingerprint density at radius 3 is 2.59 bits per heavy atom. The molecule has 0 unspecified atom stereocenters. The molecular weight excluding hydrogens is 362 g/mol. The van der Waals surface area contributed by atoms with Gasteiger partial charge in [-0.15, -0.1) is 11.3 Å². The zero-order chi connectivity index (χ0) is 19.6. The number of nitrogens with one attached hydrogen (secondary N) is 1. The van der Waals surface area contributed by atoms with Gasteiger partial charge in [0.05, 0.1) is 15.4 Å². The van der Waals surface area contributed by atoms with Gasteiger partial charge in [0.25, 0.3) is 5.56 Å². The number of hydrogen-bond donors (Lipinski definition) is 1. The summed E-state index contributed by atoms with van der Waals surface area (Å²) in [6.45, 7) is 4.11. The normalized spacial score (nSPS) is 11.0. The number of hydrogen-bond acceptors (Lipinski definition) is 6. The molecule has 0 spiro atoms. The lowest BCUT2D eigenvalue weighted by Crippen LogP contribution is -2.33. The Morgan fingerprint density at radius 1 is 1.26 bits per heavy atom. The molecule has 3 rings (SSSR count). The topological polar surface area (TPSA) is 80.1 Å². The highest BCUT2D eigenvalue weighted by Gasteiger charge is 2.15. The van der Waals surface area contributed by atoms with Crippen LogP contribution in [0, 0.1) is 6.92 Å². The summed E-state index contributed by atoms with van der Waals surface area (Å²) in [4.78, 5) is 31.3. The summed E-state index contributed by atoms with van der Waals surface area (Å²) in [5.41, 5.74) is 2.88. The highest BCUT2D eigenvalue weighted by atomic mass is 32.1. The third kappa shape index (κ3) is 4.16. The molecule has 0 aliphatic carbocycles. The molecule has 3 aromatic rings. The molecule has 1 aromatic carbocycles. The molecule has 0 radical (unpaired) electrons. The van der Waals surface area contributed by atoms with Gasteiger partial charge < -0.3 is 10.2 Å². The summed E-state index contributed by atoms with van der Waals surface area (Å²) >= 11 is 1.49. The van der Waals surface area contributed by atoms with Crippen molar-refractivity contribution in [3.8, 4) is 0 Å². The summed E-state index contributed by atoms with van der Waals surface area (Å²) < 4.78 is 2.00. The van der Waals surface area contributed by atoms with E-state index in [0.717, 1.165) is 27.4 Å². The highest BCUT2D eigenvalue weighted by Crippen LogP contribution is 2.21. The quantitative estimate of drug-likeness (QED) is 0.703. The second kappa shape index (κ2) is 7.87. The largest absolute Gasteiger partial charge is 0.378 e. The summed E-state index contributed by atoms with van der Waals surface area (Å²) in [5, 5.41) is 8.02. The molecule has 27 heavy (non-hydrogen) atoms. The zero-order valence-electron chi connectivity index (χ0n) is 15.9. The first-order valence-corrected chi connectivity index (χ1v) is 9.60. The maximum absolute atomic E-state index is 12.6. The molecule has 142 valence electrons. The van der Waals surface area contributed by atoms with Gasteiger partial charge in [0.2, 0.25) is 5.91 Å². The minimum absolute atomic E-state index is 0.121. The highest BCUT2D eigenvalue weighted by molar-refractivity contribution is 7.18. The number of thiazole rings is 1. The van der Waals surface area contributed by atoms with Crippen molar-refractivity contribution in [3.05, 3.63) is 50.9 Å². The predicted octanol–water partition coefficient (Wildman–Crippen LogP) is 2.11. The average molecular weight is 385 g/mol. The van der Waals surface area contributed by atoms with E-state index < -0.39 is 0 Å². The van der Waals surface area contributed by atoms with E-state index in [-0.39, 0.29) is 18.0 Å². The summed E-state index contributed by atoms with van der Waals surface area (Å²) in [5.74, 6) is -0.258. The maximum atomic E-state index is 12.6. The first-order chi connectivity index (χ1) is 12.9. The molecule has 2 aromatic heterocycles. The molecule has 8 heteroatoms. The smallest absolute Gasteiger partial charge is 0.294 e. The van der Waals surface area contributed by atoms with Gasteiger partial charge in [-0.2, -0.15) is 5.10 Å². The van der Waals surface area contributed by atoms with Gasteiger partial charge in [-0.3, -0.25) is 9.59 Å². The molecule has 7 nitrogen and oxygen atoms in total. The third-order valence-corrected chi connectivity index (χ3v) is 5.55. The monoisotopic (exact) mass is 385 g/mol. The molecule has 0 saturated heterocycles. The number of amides is 1. The second-order valence-corrected chi connectivity index (χ2v) is 7.61. The van der Waals surface area contributed by atoms with Crippen LogP contribution in [0.3, 0.4) is 0 Å². The Bertz CT molecular complexity index is 1020. The van der Waals surface area contributed by atoms with Crippen LogP contribution in [0.1, 0.15) is 23.2 Å². The Kier molecular flexibility index (Phi) is 5.55. The van der Waals surface area contributed by atoms with Crippen molar-refractivity contribution >= 4 is 33.1 Å². The number of benzene rings is 1. The lowest BCUT2D eigenvalue weighted by atomic mass is 10.2. The Morgan fingerprint density at radius 2 is 1.96 bits per heavy atom. The minimum Gasteiger partial charge on any atom is -0.378 e. The van der Waals surface area contributed by atoms with Crippen LogP contribution in [-0.4, -0.2) is 34.8 Å². The van der Waals surface area contributed by atoms with E-state index in [4.69, 9.17) is 0 Å². The number of aryl methyl sites for hydroxylation is 2. The summed E-state index contributed by atoms with van der Waals surface area (Å²) in [6, 6.07) is 7.94. The molecule has 0 aliphatic heterocycles.